The normalized spacial score (nSPS) is 12.4. The predicted octanol–water partition coefficient (Wildman–Crippen LogP) is 5.34. The van der Waals surface area contributed by atoms with Crippen molar-refractivity contribution in [2.24, 2.45) is 10.2 Å². The largest absolute Gasteiger partial charge is 0.463 e. The first-order valence-electron chi connectivity index (χ1n) is 13.6. The lowest BCUT2D eigenvalue weighted by Gasteiger charge is -2.26. The average molecular weight is 584 g/mol. The second-order valence-corrected chi connectivity index (χ2v) is 10.5. The van der Waals surface area contributed by atoms with Crippen LogP contribution in [-0.4, -0.2) is 43.8 Å². The molecule has 1 heterocycles. The monoisotopic (exact) mass is 583 g/mol. The Morgan fingerprint density at radius 2 is 1.83 bits per heavy atom. The number of nitriles is 2. The zero-order valence-electron chi connectivity index (χ0n) is 24.4. The van der Waals surface area contributed by atoms with Crippen molar-refractivity contribution < 1.29 is 29.8 Å². The lowest BCUT2D eigenvalue weighted by molar-refractivity contribution is -0.657. The number of hydrogen-bond donors (Lipinski definition) is 1. The molecule has 1 aromatic carbocycles. The molecular formula is C29H39N6O5S+. The molecule has 2 aromatic rings. The van der Waals surface area contributed by atoms with Gasteiger partial charge in [0.15, 0.2) is 5.00 Å². The van der Waals surface area contributed by atoms with Gasteiger partial charge in [0.25, 0.3) is 0 Å². The summed E-state index contributed by atoms with van der Waals surface area (Å²) >= 11 is 1.17. The quantitative estimate of drug-likeness (QED) is 0.157. The maximum Gasteiger partial charge on any atom is 0.366 e. The fourth-order valence-corrected chi connectivity index (χ4v) is 4.93. The topological polar surface area (TPSA) is 165 Å². The Bertz CT molecular complexity index is 1300. The first kappa shape index (κ1) is 33.4. The molecule has 2 unspecified atom stereocenters. The first-order valence-corrected chi connectivity index (χ1v) is 14.5. The average Bonchev–Trinajstić information content (AvgIpc) is 3.28. The van der Waals surface area contributed by atoms with Crippen LogP contribution in [0.15, 0.2) is 28.4 Å². The van der Waals surface area contributed by atoms with E-state index in [0.29, 0.717) is 39.7 Å². The third-order valence-corrected chi connectivity index (χ3v) is 7.68. The second-order valence-electron chi connectivity index (χ2n) is 9.51. The molecule has 0 fully saturated rings. The third-order valence-electron chi connectivity index (χ3n) is 6.60. The van der Waals surface area contributed by atoms with Crippen molar-refractivity contribution in [2.45, 2.75) is 78.9 Å². The number of azo groups is 1. The molecule has 12 heteroatoms. The van der Waals surface area contributed by atoms with Gasteiger partial charge in [-0.25, -0.2) is 4.79 Å². The van der Waals surface area contributed by atoms with Crippen molar-refractivity contribution in [1.82, 2.24) is 0 Å². The molecule has 1 aromatic heterocycles. The molecule has 0 aliphatic heterocycles. The van der Waals surface area contributed by atoms with E-state index in [2.05, 4.69) is 57.9 Å². The lowest BCUT2D eigenvalue weighted by Crippen LogP contribution is -2.51. The minimum absolute atomic E-state index is 0.0348. The number of ether oxygens (including phenoxy) is 2. The van der Waals surface area contributed by atoms with E-state index in [1.165, 1.54) is 11.3 Å². The highest BCUT2D eigenvalue weighted by atomic mass is 32.1. The van der Waals surface area contributed by atoms with Crippen molar-refractivity contribution in [3.05, 3.63) is 39.8 Å². The van der Waals surface area contributed by atoms with Gasteiger partial charge in [0.05, 0.1) is 36.8 Å². The molecule has 0 amide bonds. The minimum atomic E-state index is -0.545. The Balaban J connectivity index is 1.90. The van der Waals surface area contributed by atoms with E-state index in [0.717, 1.165) is 37.2 Å². The Morgan fingerprint density at radius 3 is 2.44 bits per heavy atom. The van der Waals surface area contributed by atoms with Crippen molar-refractivity contribution in [3.63, 3.8) is 0 Å². The number of carbonyl (C=O) groups is 2. The van der Waals surface area contributed by atoms with E-state index in [-0.39, 0.29) is 25.0 Å². The highest BCUT2D eigenvalue weighted by molar-refractivity contribution is 7.16. The van der Waals surface area contributed by atoms with Crippen molar-refractivity contribution >= 4 is 39.7 Å². The number of rotatable bonds is 16. The first-order chi connectivity index (χ1) is 19.7. The molecule has 41 heavy (non-hydrogen) atoms. The van der Waals surface area contributed by atoms with Gasteiger partial charge in [-0.15, -0.1) is 21.6 Å². The molecule has 0 bridgehead atoms. The minimum Gasteiger partial charge on any atom is -0.463 e. The molecule has 11 nitrogen and oxygen atoms in total. The Labute approximate surface area is 245 Å². The Morgan fingerprint density at radius 1 is 1.10 bits per heavy atom. The molecule has 0 aliphatic carbocycles. The van der Waals surface area contributed by atoms with Crippen LogP contribution in [0, 0.1) is 36.5 Å². The summed E-state index contributed by atoms with van der Waals surface area (Å²) < 4.78 is 11.4. The van der Waals surface area contributed by atoms with Crippen LogP contribution >= 0.6 is 11.3 Å². The van der Waals surface area contributed by atoms with Gasteiger partial charge in [-0.3, -0.25) is 9.63 Å². The highest BCUT2D eigenvalue weighted by Gasteiger charge is 2.17. The summed E-state index contributed by atoms with van der Waals surface area (Å²) in [5.74, 6) is 2.04. The predicted molar refractivity (Wildman–Crippen MR) is 155 cm³/mol. The fraction of sp³-hybridized carbons (Fsp3) is 0.517. The van der Waals surface area contributed by atoms with Gasteiger partial charge in [0, 0.05) is 25.2 Å². The zero-order valence-corrected chi connectivity index (χ0v) is 25.3. The summed E-state index contributed by atoms with van der Waals surface area (Å²) in [6, 6.07) is 10.2. The van der Waals surface area contributed by atoms with Crippen LogP contribution in [0.5, 0.6) is 0 Å². The van der Waals surface area contributed by atoms with E-state index in [1.54, 1.807) is 13.8 Å². The van der Waals surface area contributed by atoms with E-state index >= 15 is 0 Å². The van der Waals surface area contributed by atoms with Crippen molar-refractivity contribution in [3.8, 4) is 12.1 Å². The fourth-order valence-electron chi connectivity index (χ4n) is 4.05. The SMILES string of the molecule is CCC(CCN(CC)c1ccc(N=Nc2sc(C#N)c(C)c2C#N)c(C)c1)OCCC(C)OC(=O)CCC(=O)O[NH3+]. The van der Waals surface area contributed by atoms with Crippen molar-refractivity contribution in [1.29, 1.82) is 10.5 Å². The molecule has 2 rings (SSSR count). The van der Waals surface area contributed by atoms with E-state index < -0.39 is 11.9 Å². The number of aryl methyl sites for hydroxylation is 1. The summed E-state index contributed by atoms with van der Waals surface area (Å²) in [5.41, 5.74) is 3.74. The zero-order chi connectivity index (χ0) is 30.4. The maximum atomic E-state index is 11.8. The summed E-state index contributed by atoms with van der Waals surface area (Å²) in [4.78, 5) is 30.0. The number of nitrogens with zero attached hydrogens (tertiary/aromatic N) is 5. The summed E-state index contributed by atoms with van der Waals surface area (Å²) in [6.45, 7) is 11.8. The highest BCUT2D eigenvalue weighted by Crippen LogP contribution is 2.36. The number of anilines is 1. The van der Waals surface area contributed by atoms with Crippen LogP contribution in [-0.2, 0) is 23.9 Å². The van der Waals surface area contributed by atoms with Gasteiger partial charge >= 0.3 is 11.9 Å². The molecule has 3 N–H and O–H groups in total. The van der Waals surface area contributed by atoms with Gasteiger partial charge in [-0.05, 0) is 69.9 Å². The number of carbonyl (C=O) groups excluding carboxylic acids is 2. The van der Waals surface area contributed by atoms with Crippen LogP contribution in [0.3, 0.4) is 0 Å². The molecule has 0 aliphatic rings. The number of esters is 1. The van der Waals surface area contributed by atoms with Crippen LogP contribution in [0.2, 0.25) is 0 Å². The van der Waals surface area contributed by atoms with Gasteiger partial charge in [0.1, 0.15) is 23.1 Å². The van der Waals surface area contributed by atoms with E-state index in [9.17, 15) is 20.1 Å². The molecule has 0 saturated carbocycles. The van der Waals surface area contributed by atoms with Crippen LogP contribution in [0.25, 0.3) is 0 Å². The Hall–Kier alpha value is -3.84. The smallest absolute Gasteiger partial charge is 0.366 e. The molecule has 0 radical (unpaired) electrons. The van der Waals surface area contributed by atoms with E-state index in [4.69, 9.17) is 9.47 Å². The number of hydrogen-bond acceptors (Lipinski definition) is 11. The summed E-state index contributed by atoms with van der Waals surface area (Å²) in [6.07, 6.45) is 1.92. The number of benzene rings is 1. The van der Waals surface area contributed by atoms with Gasteiger partial charge in [-0.1, -0.05) is 6.92 Å². The molecule has 220 valence electrons. The number of quaternary nitrogens is 1. The lowest BCUT2D eigenvalue weighted by atomic mass is 10.1. The molecule has 0 spiro atoms. The number of thiophene rings is 1. The summed E-state index contributed by atoms with van der Waals surface area (Å²) in [5, 5.41) is 27.7. The maximum absolute atomic E-state index is 11.8. The van der Waals surface area contributed by atoms with Gasteiger partial charge in [0.2, 0.25) is 0 Å². The molecule has 2 atom stereocenters. The van der Waals surface area contributed by atoms with Gasteiger partial charge in [-0.2, -0.15) is 16.4 Å². The third kappa shape index (κ3) is 10.3. The standard InChI is InChI=1S/C29H39N6O5S/c1-6-23(38-15-13-20(4)39-27(36)10-11-28(37)40-32)12-14-35(7-2)22-8-9-25(19(3)16-22)33-34-29-24(17-30)21(5)26(18-31)41-29/h8-9,16,20,23H,6-7,10-15H2,1-5,32H3/q+1. The van der Waals surface area contributed by atoms with Gasteiger partial charge < -0.3 is 14.4 Å². The molecule has 0 saturated heterocycles. The molecular weight excluding hydrogens is 544 g/mol. The van der Waals surface area contributed by atoms with Crippen molar-refractivity contribution in [2.75, 3.05) is 24.6 Å². The van der Waals surface area contributed by atoms with E-state index in [1.807, 2.05) is 19.1 Å². The van der Waals surface area contributed by atoms with Crippen LogP contribution < -0.4 is 10.8 Å². The Kier molecular flexibility index (Phi) is 13.9. The van der Waals surface area contributed by atoms with Crippen LogP contribution in [0.4, 0.5) is 16.4 Å². The van der Waals surface area contributed by atoms with Crippen LogP contribution in [0.1, 0.15) is 74.4 Å². The second kappa shape index (κ2) is 17.1. The summed E-state index contributed by atoms with van der Waals surface area (Å²) in [7, 11) is 0.